The molecule has 1 heterocycles. The number of anilines is 2. The lowest BCUT2D eigenvalue weighted by atomic mass is 10.1. The van der Waals surface area contributed by atoms with Crippen molar-refractivity contribution in [1.29, 1.82) is 0 Å². The molecule has 0 unspecified atom stereocenters. The van der Waals surface area contributed by atoms with Crippen LogP contribution >= 0.6 is 0 Å². The number of aromatic amines is 1. The Balaban J connectivity index is 1.81. The number of nitrogens with zero attached hydrogens (tertiary/aromatic N) is 1. The summed E-state index contributed by atoms with van der Waals surface area (Å²) in [6.07, 6.45) is 0. The van der Waals surface area contributed by atoms with E-state index in [0.29, 0.717) is 11.2 Å². The van der Waals surface area contributed by atoms with Gasteiger partial charge in [-0.3, -0.25) is 4.79 Å². The standard InChI is InChI=1S/C20H22FN3O/c1-4-24(5-2)16-9-7-15(8-10-16)22-20(25)19-13(3)17-11-6-14(21)12-18(17)23-19/h6-12,23H,4-5H2,1-3H3,(H,22,25). The molecule has 1 amide bonds. The number of amides is 1. The van der Waals surface area contributed by atoms with Crippen LogP contribution in [0.1, 0.15) is 29.9 Å². The molecule has 3 rings (SSSR count). The van der Waals surface area contributed by atoms with Gasteiger partial charge in [0.15, 0.2) is 0 Å². The summed E-state index contributed by atoms with van der Waals surface area (Å²) >= 11 is 0. The van der Waals surface area contributed by atoms with Crippen molar-refractivity contribution in [3.05, 3.63) is 59.5 Å². The number of H-pyrrole nitrogens is 1. The van der Waals surface area contributed by atoms with Gasteiger partial charge in [0, 0.05) is 35.4 Å². The van der Waals surface area contributed by atoms with Crippen molar-refractivity contribution < 1.29 is 9.18 Å². The molecule has 4 nitrogen and oxygen atoms in total. The number of halogens is 1. The molecule has 0 saturated carbocycles. The van der Waals surface area contributed by atoms with Crippen LogP contribution in [0.15, 0.2) is 42.5 Å². The van der Waals surface area contributed by atoms with E-state index >= 15 is 0 Å². The zero-order valence-corrected chi connectivity index (χ0v) is 14.7. The van der Waals surface area contributed by atoms with Gasteiger partial charge in [-0.15, -0.1) is 0 Å². The minimum absolute atomic E-state index is 0.232. The Labute approximate surface area is 146 Å². The second-order valence-corrected chi connectivity index (χ2v) is 5.99. The second-order valence-electron chi connectivity index (χ2n) is 5.99. The van der Waals surface area contributed by atoms with Gasteiger partial charge in [-0.2, -0.15) is 0 Å². The average Bonchev–Trinajstić information content (AvgIpc) is 2.93. The highest BCUT2D eigenvalue weighted by Gasteiger charge is 2.15. The van der Waals surface area contributed by atoms with Gasteiger partial charge in [0.2, 0.25) is 0 Å². The zero-order valence-electron chi connectivity index (χ0n) is 14.7. The van der Waals surface area contributed by atoms with Gasteiger partial charge in [-0.05, 0) is 68.8 Å². The van der Waals surface area contributed by atoms with Crippen LogP contribution in [0.5, 0.6) is 0 Å². The molecule has 25 heavy (non-hydrogen) atoms. The van der Waals surface area contributed by atoms with E-state index in [4.69, 9.17) is 0 Å². The number of aryl methyl sites for hydroxylation is 1. The van der Waals surface area contributed by atoms with E-state index in [1.807, 2.05) is 31.2 Å². The Morgan fingerprint density at radius 2 is 1.80 bits per heavy atom. The molecule has 0 bridgehead atoms. The van der Waals surface area contributed by atoms with E-state index in [-0.39, 0.29) is 11.7 Å². The van der Waals surface area contributed by atoms with Crippen LogP contribution in [-0.4, -0.2) is 24.0 Å². The average molecular weight is 339 g/mol. The van der Waals surface area contributed by atoms with Gasteiger partial charge in [0.05, 0.1) is 0 Å². The molecule has 0 saturated heterocycles. The van der Waals surface area contributed by atoms with E-state index in [1.54, 1.807) is 6.07 Å². The van der Waals surface area contributed by atoms with Crippen LogP contribution in [0, 0.1) is 12.7 Å². The molecule has 3 aromatic rings. The molecule has 2 N–H and O–H groups in total. The summed E-state index contributed by atoms with van der Waals surface area (Å²) in [5.74, 6) is -0.558. The van der Waals surface area contributed by atoms with Gasteiger partial charge in [0.25, 0.3) is 5.91 Å². The Kier molecular flexibility index (Phi) is 4.74. The van der Waals surface area contributed by atoms with Crippen molar-refractivity contribution >= 4 is 28.2 Å². The Morgan fingerprint density at radius 1 is 1.12 bits per heavy atom. The molecule has 0 aliphatic carbocycles. The maximum absolute atomic E-state index is 13.4. The number of carbonyl (C=O) groups excluding carboxylic acids is 1. The van der Waals surface area contributed by atoms with Crippen molar-refractivity contribution in [3.8, 4) is 0 Å². The highest BCUT2D eigenvalue weighted by Crippen LogP contribution is 2.24. The first-order valence-electron chi connectivity index (χ1n) is 8.47. The van der Waals surface area contributed by atoms with Crippen LogP contribution in [-0.2, 0) is 0 Å². The van der Waals surface area contributed by atoms with Crippen LogP contribution < -0.4 is 10.2 Å². The van der Waals surface area contributed by atoms with E-state index in [2.05, 4.69) is 29.0 Å². The smallest absolute Gasteiger partial charge is 0.272 e. The van der Waals surface area contributed by atoms with Gasteiger partial charge in [-0.1, -0.05) is 0 Å². The van der Waals surface area contributed by atoms with Crippen molar-refractivity contribution in [2.75, 3.05) is 23.3 Å². The lowest BCUT2D eigenvalue weighted by Gasteiger charge is -2.21. The normalized spacial score (nSPS) is 10.9. The zero-order chi connectivity index (χ0) is 18.0. The molecule has 130 valence electrons. The first-order chi connectivity index (χ1) is 12.0. The highest BCUT2D eigenvalue weighted by molar-refractivity contribution is 6.07. The van der Waals surface area contributed by atoms with Gasteiger partial charge in [0.1, 0.15) is 11.5 Å². The largest absolute Gasteiger partial charge is 0.372 e. The molecule has 0 fully saturated rings. The fraction of sp³-hybridized carbons (Fsp3) is 0.250. The summed E-state index contributed by atoms with van der Waals surface area (Å²) in [5, 5.41) is 3.74. The molecule has 0 aliphatic rings. The molecule has 2 aromatic carbocycles. The summed E-state index contributed by atoms with van der Waals surface area (Å²) in [6.45, 7) is 7.95. The van der Waals surface area contributed by atoms with Crippen LogP contribution in [0.25, 0.3) is 10.9 Å². The first-order valence-corrected chi connectivity index (χ1v) is 8.47. The number of hydrogen-bond acceptors (Lipinski definition) is 2. The Morgan fingerprint density at radius 3 is 2.44 bits per heavy atom. The Hall–Kier alpha value is -2.82. The summed E-state index contributed by atoms with van der Waals surface area (Å²) in [4.78, 5) is 17.8. The molecule has 0 radical (unpaired) electrons. The van der Waals surface area contributed by atoms with E-state index in [0.717, 1.165) is 35.4 Å². The SMILES string of the molecule is CCN(CC)c1ccc(NC(=O)c2[nH]c3cc(F)ccc3c2C)cc1. The predicted octanol–water partition coefficient (Wildman–Crippen LogP) is 4.71. The molecular weight excluding hydrogens is 317 g/mol. The topological polar surface area (TPSA) is 48.1 Å². The highest BCUT2D eigenvalue weighted by atomic mass is 19.1. The van der Waals surface area contributed by atoms with Crippen molar-refractivity contribution in [3.63, 3.8) is 0 Å². The van der Waals surface area contributed by atoms with Crippen LogP contribution in [0.3, 0.4) is 0 Å². The lowest BCUT2D eigenvalue weighted by Crippen LogP contribution is -2.21. The fourth-order valence-electron chi connectivity index (χ4n) is 3.07. The number of hydrogen-bond donors (Lipinski definition) is 2. The maximum atomic E-state index is 13.4. The number of benzene rings is 2. The predicted molar refractivity (Wildman–Crippen MR) is 101 cm³/mol. The van der Waals surface area contributed by atoms with Crippen molar-refractivity contribution in [1.82, 2.24) is 4.98 Å². The second kappa shape index (κ2) is 6.97. The summed E-state index contributed by atoms with van der Waals surface area (Å²) in [5.41, 5.74) is 3.74. The fourth-order valence-corrected chi connectivity index (χ4v) is 3.07. The molecular formula is C20H22FN3O. The third-order valence-electron chi connectivity index (χ3n) is 4.50. The summed E-state index contributed by atoms with van der Waals surface area (Å²) in [7, 11) is 0. The summed E-state index contributed by atoms with van der Waals surface area (Å²) in [6, 6.07) is 12.3. The van der Waals surface area contributed by atoms with Crippen molar-refractivity contribution in [2.45, 2.75) is 20.8 Å². The maximum Gasteiger partial charge on any atom is 0.272 e. The first kappa shape index (κ1) is 17.0. The minimum atomic E-state index is -0.326. The number of aromatic nitrogens is 1. The van der Waals surface area contributed by atoms with Gasteiger partial charge in [-0.25, -0.2) is 4.39 Å². The quantitative estimate of drug-likeness (QED) is 0.707. The van der Waals surface area contributed by atoms with E-state index in [1.165, 1.54) is 12.1 Å². The van der Waals surface area contributed by atoms with Crippen LogP contribution in [0.2, 0.25) is 0 Å². The molecule has 1 aromatic heterocycles. The number of nitrogens with one attached hydrogen (secondary N) is 2. The monoisotopic (exact) mass is 339 g/mol. The number of carbonyl (C=O) groups is 1. The van der Waals surface area contributed by atoms with Crippen LogP contribution in [0.4, 0.5) is 15.8 Å². The third-order valence-corrected chi connectivity index (χ3v) is 4.50. The van der Waals surface area contributed by atoms with E-state index < -0.39 is 0 Å². The Bertz CT molecular complexity index is 895. The molecule has 0 spiro atoms. The van der Waals surface area contributed by atoms with Gasteiger partial charge < -0.3 is 15.2 Å². The number of rotatable bonds is 5. The summed E-state index contributed by atoms with van der Waals surface area (Å²) < 4.78 is 13.4. The molecule has 0 aliphatic heterocycles. The molecule has 5 heteroatoms. The van der Waals surface area contributed by atoms with Crippen molar-refractivity contribution in [2.24, 2.45) is 0 Å². The van der Waals surface area contributed by atoms with E-state index in [9.17, 15) is 9.18 Å². The number of fused-ring (bicyclic) bond motifs is 1. The molecule has 0 atom stereocenters. The lowest BCUT2D eigenvalue weighted by molar-refractivity contribution is 0.102. The minimum Gasteiger partial charge on any atom is -0.372 e. The van der Waals surface area contributed by atoms with Gasteiger partial charge >= 0.3 is 0 Å². The third kappa shape index (κ3) is 3.36.